The first-order chi connectivity index (χ1) is 4.70. The molecule has 0 aliphatic heterocycles. The van der Waals surface area contributed by atoms with Crippen LogP contribution in [0.1, 0.15) is 0 Å². The molecule has 2 nitrogen and oxygen atoms in total. The van der Waals surface area contributed by atoms with Crippen LogP contribution in [0.15, 0.2) is 29.2 Å². The predicted octanol–water partition coefficient (Wildman–Crippen LogP) is 1.92. The Bertz CT molecular complexity index is 262. The van der Waals surface area contributed by atoms with E-state index in [9.17, 15) is 4.21 Å². The van der Waals surface area contributed by atoms with Crippen molar-refractivity contribution in [1.29, 1.82) is 0 Å². The summed E-state index contributed by atoms with van der Waals surface area (Å²) in [6, 6.07) is 6.28. The fourth-order valence-electron chi connectivity index (χ4n) is 0.576. The van der Waals surface area contributed by atoms with Crippen LogP contribution < -0.4 is 0 Å². The van der Waals surface area contributed by atoms with Crippen molar-refractivity contribution in [2.75, 3.05) is 0 Å². The fraction of sp³-hybridized carbons (Fsp3) is 0. The maximum Gasteiger partial charge on any atom is 0.186 e. The number of hydrogen-bond donors (Lipinski definition) is 1. The van der Waals surface area contributed by atoms with Crippen molar-refractivity contribution in [2.45, 2.75) is 4.90 Å². The molecule has 0 amide bonds. The Kier molecular flexibility index (Phi) is 2.43. The van der Waals surface area contributed by atoms with Gasteiger partial charge in [-0.15, -0.1) is 0 Å². The summed E-state index contributed by atoms with van der Waals surface area (Å²) in [5.41, 5.74) is 0. The van der Waals surface area contributed by atoms with Crippen molar-refractivity contribution in [1.82, 2.24) is 0 Å². The van der Waals surface area contributed by atoms with Gasteiger partial charge in [-0.05, 0) is 18.2 Å². The van der Waals surface area contributed by atoms with E-state index in [4.69, 9.17) is 16.2 Å². The zero-order valence-electron chi connectivity index (χ0n) is 4.95. The van der Waals surface area contributed by atoms with Gasteiger partial charge in [0.1, 0.15) is 0 Å². The quantitative estimate of drug-likeness (QED) is 0.664. The van der Waals surface area contributed by atoms with Gasteiger partial charge in [0.2, 0.25) is 0 Å². The minimum absolute atomic E-state index is 0.326. The van der Waals surface area contributed by atoms with E-state index in [2.05, 4.69) is 0 Å². The molecule has 0 heterocycles. The van der Waals surface area contributed by atoms with Gasteiger partial charge in [-0.25, -0.2) is 4.21 Å². The molecule has 0 aliphatic rings. The maximum atomic E-state index is 10.4. The van der Waals surface area contributed by atoms with Gasteiger partial charge in [0.15, 0.2) is 11.1 Å². The first-order valence-corrected chi connectivity index (χ1v) is 4.05. The average Bonchev–Trinajstić information content (AvgIpc) is 1.88. The van der Waals surface area contributed by atoms with Gasteiger partial charge in [-0.1, -0.05) is 17.7 Å². The van der Waals surface area contributed by atoms with Crippen molar-refractivity contribution in [3.8, 4) is 0 Å². The zero-order chi connectivity index (χ0) is 7.56. The maximum absolute atomic E-state index is 10.4. The molecule has 1 rings (SSSR count). The normalized spacial score (nSPS) is 13.0. The van der Waals surface area contributed by atoms with Crippen LogP contribution in [0, 0.1) is 0 Å². The van der Waals surface area contributed by atoms with Gasteiger partial charge in [-0.2, -0.15) is 0 Å². The van der Waals surface area contributed by atoms with Crippen LogP contribution in [0.4, 0.5) is 0 Å². The lowest BCUT2D eigenvalue weighted by molar-refractivity contribution is 0.564. The van der Waals surface area contributed by atoms with Crippen LogP contribution in [0.5, 0.6) is 0 Å². The molecule has 0 aliphatic carbocycles. The summed E-state index contributed by atoms with van der Waals surface area (Å²) in [5.74, 6) is 0. The van der Waals surface area contributed by atoms with Crippen LogP contribution in [-0.4, -0.2) is 8.76 Å². The molecular formula is C6H5ClO2S. The number of halogens is 1. The molecule has 1 aromatic rings. The van der Waals surface area contributed by atoms with Crippen molar-refractivity contribution < 1.29 is 8.76 Å². The Morgan fingerprint density at radius 3 is 2.60 bits per heavy atom. The second kappa shape index (κ2) is 3.14. The summed E-state index contributed by atoms with van der Waals surface area (Å²) in [7, 11) is 0. The number of hydrogen-bond acceptors (Lipinski definition) is 1. The molecule has 1 unspecified atom stereocenters. The molecule has 0 saturated carbocycles. The fourth-order valence-corrected chi connectivity index (χ4v) is 1.25. The molecule has 0 fully saturated rings. The molecule has 0 aromatic heterocycles. The predicted molar refractivity (Wildman–Crippen MR) is 40.5 cm³/mol. The third-order valence-electron chi connectivity index (χ3n) is 0.998. The molecule has 0 radical (unpaired) electrons. The van der Waals surface area contributed by atoms with Gasteiger partial charge in [0, 0.05) is 5.02 Å². The largest absolute Gasteiger partial charge is 0.302 e. The molecule has 10 heavy (non-hydrogen) atoms. The monoisotopic (exact) mass is 176 g/mol. The van der Waals surface area contributed by atoms with Gasteiger partial charge in [0.25, 0.3) is 0 Å². The highest BCUT2D eigenvalue weighted by molar-refractivity contribution is 7.79. The van der Waals surface area contributed by atoms with E-state index in [-0.39, 0.29) is 0 Å². The highest BCUT2D eigenvalue weighted by Gasteiger charge is 1.97. The SMILES string of the molecule is O=S(O)c1cccc(Cl)c1. The number of rotatable bonds is 1. The van der Waals surface area contributed by atoms with Crippen LogP contribution in [0.2, 0.25) is 5.02 Å². The zero-order valence-corrected chi connectivity index (χ0v) is 6.52. The third kappa shape index (κ3) is 1.80. The summed E-state index contributed by atoms with van der Waals surface area (Å²) in [6.45, 7) is 0. The average molecular weight is 177 g/mol. The van der Waals surface area contributed by atoms with E-state index >= 15 is 0 Å². The van der Waals surface area contributed by atoms with Gasteiger partial charge < -0.3 is 4.55 Å². The molecule has 4 heteroatoms. The standard InChI is InChI=1S/C6H5ClO2S/c7-5-2-1-3-6(4-5)10(8)9/h1-4H,(H,8,9). The topological polar surface area (TPSA) is 37.3 Å². The summed E-state index contributed by atoms with van der Waals surface area (Å²) in [6.07, 6.45) is 0. The van der Waals surface area contributed by atoms with E-state index in [0.717, 1.165) is 0 Å². The molecular weight excluding hydrogens is 172 g/mol. The highest BCUT2D eigenvalue weighted by Crippen LogP contribution is 2.12. The summed E-state index contributed by atoms with van der Waals surface area (Å²) in [5, 5.41) is 0.472. The molecule has 1 N–H and O–H groups in total. The van der Waals surface area contributed by atoms with Gasteiger partial charge in [-0.3, -0.25) is 0 Å². The van der Waals surface area contributed by atoms with Crippen molar-refractivity contribution in [3.63, 3.8) is 0 Å². The van der Waals surface area contributed by atoms with E-state index in [1.54, 1.807) is 18.2 Å². The lowest BCUT2D eigenvalue weighted by Gasteiger charge is -1.92. The number of benzene rings is 1. The first kappa shape index (κ1) is 7.72. The Hall–Kier alpha value is -0.380. The Morgan fingerprint density at radius 1 is 1.50 bits per heavy atom. The molecule has 0 bridgehead atoms. The van der Waals surface area contributed by atoms with E-state index in [0.29, 0.717) is 9.92 Å². The van der Waals surface area contributed by atoms with Gasteiger partial charge in [0.05, 0.1) is 4.90 Å². The Labute approximate surface area is 66.1 Å². The minimum atomic E-state index is -1.92. The summed E-state index contributed by atoms with van der Waals surface area (Å²) >= 11 is 3.62. The molecule has 0 saturated heterocycles. The van der Waals surface area contributed by atoms with E-state index in [1.165, 1.54) is 6.07 Å². The lowest BCUT2D eigenvalue weighted by Crippen LogP contribution is -1.86. The van der Waals surface area contributed by atoms with Gasteiger partial charge >= 0.3 is 0 Å². The third-order valence-corrected chi connectivity index (χ3v) is 1.89. The second-order valence-corrected chi connectivity index (χ2v) is 3.11. The molecule has 54 valence electrons. The van der Waals surface area contributed by atoms with Crippen LogP contribution in [0.25, 0.3) is 0 Å². The molecule has 1 aromatic carbocycles. The van der Waals surface area contributed by atoms with Crippen LogP contribution in [-0.2, 0) is 11.1 Å². The van der Waals surface area contributed by atoms with Crippen molar-refractivity contribution in [2.24, 2.45) is 0 Å². The molecule has 1 atom stereocenters. The summed E-state index contributed by atoms with van der Waals surface area (Å²) < 4.78 is 19.0. The first-order valence-electron chi connectivity index (χ1n) is 2.56. The van der Waals surface area contributed by atoms with Crippen LogP contribution >= 0.6 is 11.6 Å². The second-order valence-electron chi connectivity index (χ2n) is 1.71. The van der Waals surface area contributed by atoms with Crippen molar-refractivity contribution >= 4 is 22.7 Å². The Balaban J connectivity index is 3.07. The highest BCUT2D eigenvalue weighted by atomic mass is 35.5. The van der Waals surface area contributed by atoms with E-state index in [1.807, 2.05) is 0 Å². The smallest absolute Gasteiger partial charge is 0.186 e. The van der Waals surface area contributed by atoms with E-state index < -0.39 is 11.1 Å². The lowest BCUT2D eigenvalue weighted by atomic mass is 10.4. The van der Waals surface area contributed by atoms with Crippen molar-refractivity contribution in [3.05, 3.63) is 29.3 Å². The summed E-state index contributed by atoms with van der Waals surface area (Å²) in [4.78, 5) is 0.326. The molecule has 0 spiro atoms. The Morgan fingerprint density at radius 2 is 2.20 bits per heavy atom. The minimum Gasteiger partial charge on any atom is -0.302 e. The van der Waals surface area contributed by atoms with Crippen LogP contribution in [0.3, 0.4) is 0 Å².